The lowest BCUT2D eigenvalue weighted by atomic mass is 10.1. The number of rotatable bonds is 6. The Bertz CT molecular complexity index is 1530. The summed E-state index contributed by atoms with van der Waals surface area (Å²) in [6.07, 6.45) is 0.805. The van der Waals surface area contributed by atoms with E-state index >= 15 is 0 Å². The molecule has 3 aromatic rings. The molecule has 2 radical (unpaired) electrons. The predicted octanol–water partition coefficient (Wildman–Crippen LogP) is 2.51. The molecule has 2 heterocycles. The molecule has 0 unspecified atom stereocenters. The lowest BCUT2D eigenvalue weighted by molar-refractivity contribution is -0.123. The highest BCUT2D eigenvalue weighted by atomic mass is 35.5. The van der Waals surface area contributed by atoms with Crippen LogP contribution in [0.3, 0.4) is 0 Å². The normalized spacial score (nSPS) is 13.4. The Hall–Kier alpha value is -4.54. The van der Waals surface area contributed by atoms with E-state index in [0.29, 0.717) is 24.3 Å². The Morgan fingerprint density at radius 1 is 1.20 bits per heavy atom. The highest BCUT2D eigenvalue weighted by molar-refractivity contribution is 6.36. The van der Waals surface area contributed by atoms with Gasteiger partial charge in [0.25, 0.3) is 11.8 Å². The Morgan fingerprint density at radius 2 is 1.95 bits per heavy atom. The van der Waals surface area contributed by atoms with E-state index in [9.17, 15) is 18.8 Å². The van der Waals surface area contributed by atoms with Crippen LogP contribution < -0.4 is 21.1 Å². The van der Waals surface area contributed by atoms with E-state index in [2.05, 4.69) is 37.5 Å². The molecule has 1 fully saturated rings. The molecule has 11 nitrogen and oxygen atoms in total. The van der Waals surface area contributed by atoms with Crippen LogP contribution in [0.25, 0.3) is 0 Å². The summed E-state index contributed by atoms with van der Waals surface area (Å²) in [5.74, 6) is 0.133. The van der Waals surface area contributed by atoms with Crippen molar-refractivity contribution in [2.75, 3.05) is 30.7 Å². The zero-order valence-electron chi connectivity index (χ0n) is 20.4. The number of nitrogen functional groups attached to an aromatic ring is 1. The van der Waals surface area contributed by atoms with Crippen LogP contribution in [-0.2, 0) is 9.45 Å². The molecule has 1 aromatic heterocycles. The third-order valence-corrected chi connectivity index (χ3v) is 6.28. The quantitative estimate of drug-likeness (QED) is 0.228. The maximum absolute atomic E-state index is 14.1. The zero-order chi connectivity index (χ0) is 28.8. The van der Waals surface area contributed by atoms with Crippen molar-refractivity contribution in [1.29, 1.82) is 0 Å². The monoisotopic (exact) mass is 582 g/mol. The summed E-state index contributed by atoms with van der Waals surface area (Å²) in [4.78, 5) is 38.5. The molecule has 0 aliphatic carbocycles. The van der Waals surface area contributed by atoms with Gasteiger partial charge in [0.1, 0.15) is 5.82 Å². The Labute approximate surface area is 238 Å². The predicted molar refractivity (Wildman–Crippen MR) is 144 cm³/mol. The zero-order valence-corrected chi connectivity index (χ0v) is 21.9. The van der Waals surface area contributed by atoms with Gasteiger partial charge in [0.2, 0.25) is 5.91 Å². The van der Waals surface area contributed by atoms with Gasteiger partial charge < -0.3 is 30.7 Å². The van der Waals surface area contributed by atoms with Gasteiger partial charge >= 0.3 is 8.05 Å². The van der Waals surface area contributed by atoms with Crippen LogP contribution in [0.1, 0.15) is 32.5 Å². The fourth-order valence-corrected chi connectivity index (χ4v) is 4.20. The number of piperazine rings is 1. The lowest BCUT2D eigenvalue weighted by Crippen LogP contribution is -2.49. The minimum Gasteiger partial charge on any atom is -0.527 e. The number of carbonyl (C=O) groups is 3. The van der Waals surface area contributed by atoms with Crippen LogP contribution in [0.2, 0.25) is 10.0 Å². The summed E-state index contributed by atoms with van der Waals surface area (Å²) >= 11 is 12.3. The number of hydrogen-bond acceptors (Lipinski definition) is 8. The Kier molecular flexibility index (Phi) is 8.93. The smallest absolute Gasteiger partial charge is 0.392 e. The molecule has 40 heavy (non-hydrogen) atoms. The topological polar surface area (TPSA) is 149 Å². The summed E-state index contributed by atoms with van der Waals surface area (Å²) in [7, 11) is 4.98. The van der Waals surface area contributed by atoms with Gasteiger partial charge in [0, 0.05) is 36.0 Å². The molecule has 2 aromatic carbocycles. The second kappa shape index (κ2) is 12.5. The molecule has 1 atom stereocenters. The van der Waals surface area contributed by atoms with Crippen LogP contribution in [0.4, 0.5) is 15.9 Å². The number of nitrogens with two attached hydrogens (primary N) is 1. The van der Waals surface area contributed by atoms with Crippen molar-refractivity contribution < 1.29 is 28.2 Å². The average Bonchev–Trinajstić information content (AvgIpc) is 2.94. The van der Waals surface area contributed by atoms with Gasteiger partial charge in [0.15, 0.2) is 23.4 Å². The van der Waals surface area contributed by atoms with Crippen molar-refractivity contribution >= 4 is 60.5 Å². The molecule has 1 aliphatic heterocycles. The standard InChI is InChI=1S/C25H18BCl2FN6O5/c26-39-10-7-18(21-15(27)5-6-16(29)22(21)28)40-19-11-17(33-34-23(19)30)24(37)32-14-3-1-13(2-4-14)25(38)35-9-8-31-20(36)12-35/h1-6,11,18H,8-9,12H2,(H2,30,34)(H,31,36)(H,32,37)/t18-/m1/s1. The molecule has 4 N–H and O–H groups in total. The number of nitrogens with one attached hydrogen (secondary N) is 2. The number of anilines is 2. The molecule has 1 aliphatic rings. The van der Waals surface area contributed by atoms with E-state index in [1.165, 1.54) is 41.3 Å². The molecule has 0 spiro atoms. The summed E-state index contributed by atoms with van der Waals surface area (Å²) in [5, 5.41) is 12.5. The molecule has 3 amide bonds. The molecular formula is C25H18BCl2FN6O5. The summed E-state index contributed by atoms with van der Waals surface area (Å²) in [6.45, 7) is 0.747. The SMILES string of the molecule is [B]OC#C[C@@H](Oc1cc(C(=O)Nc2ccc(C(=O)N3CCNC(=O)C3)cc2)nnc1N)c1c(Cl)ccc(F)c1Cl. The number of aromatic nitrogens is 2. The minimum atomic E-state index is -1.32. The van der Waals surface area contributed by atoms with Crippen LogP contribution in [0, 0.1) is 17.8 Å². The second-order valence-electron chi connectivity index (χ2n) is 8.21. The van der Waals surface area contributed by atoms with Crippen molar-refractivity contribution in [2.45, 2.75) is 6.10 Å². The highest BCUT2D eigenvalue weighted by Crippen LogP contribution is 2.36. The fourth-order valence-electron chi connectivity index (χ4n) is 3.63. The van der Waals surface area contributed by atoms with E-state index < -0.39 is 17.8 Å². The maximum Gasteiger partial charge on any atom is 0.392 e. The van der Waals surface area contributed by atoms with Gasteiger partial charge in [-0.05, 0) is 42.3 Å². The van der Waals surface area contributed by atoms with Crippen LogP contribution >= 0.6 is 23.2 Å². The molecule has 202 valence electrons. The number of nitrogens with zero attached hydrogens (tertiary/aromatic N) is 3. The van der Waals surface area contributed by atoms with Crippen molar-refractivity contribution in [1.82, 2.24) is 20.4 Å². The van der Waals surface area contributed by atoms with Gasteiger partial charge in [-0.15, -0.1) is 10.2 Å². The molecule has 1 saturated heterocycles. The Balaban J connectivity index is 1.51. The van der Waals surface area contributed by atoms with Crippen LogP contribution in [0.5, 0.6) is 5.75 Å². The van der Waals surface area contributed by atoms with E-state index in [1.54, 1.807) is 0 Å². The second-order valence-corrected chi connectivity index (χ2v) is 8.99. The average molecular weight is 583 g/mol. The number of halogens is 3. The fraction of sp³-hybridized carbons (Fsp3) is 0.160. The molecule has 0 bridgehead atoms. The van der Waals surface area contributed by atoms with E-state index in [0.717, 1.165) is 6.07 Å². The number of ether oxygens (including phenoxy) is 1. The van der Waals surface area contributed by atoms with Crippen LogP contribution in [0.15, 0.2) is 42.5 Å². The number of hydrogen-bond donors (Lipinski definition) is 3. The van der Waals surface area contributed by atoms with E-state index in [1.807, 2.05) is 0 Å². The first-order valence-corrected chi connectivity index (χ1v) is 12.2. The largest absolute Gasteiger partial charge is 0.527 e. The molecular weight excluding hydrogens is 565 g/mol. The number of amides is 3. The molecule has 0 saturated carbocycles. The highest BCUT2D eigenvalue weighted by Gasteiger charge is 2.24. The summed E-state index contributed by atoms with van der Waals surface area (Å²) in [5.41, 5.74) is 6.35. The van der Waals surface area contributed by atoms with Gasteiger partial charge in [-0.25, -0.2) is 4.39 Å². The number of benzene rings is 2. The first-order valence-electron chi connectivity index (χ1n) is 11.4. The van der Waals surface area contributed by atoms with Gasteiger partial charge in [0.05, 0.1) is 22.7 Å². The van der Waals surface area contributed by atoms with Crippen molar-refractivity contribution in [3.63, 3.8) is 0 Å². The Morgan fingerprint density at radius 3 is 2.65 bits per heavy atom. The van der Waals surface area contributed by atoms with Crippen molar-refractivity contribution in [3.05, 3.63) is 75.1 Å². The van der Waals surface area contributed by atoms with Crippen molar-refractivity contribution in [3.8, 4) is 17.8 Å². The van der Waals surface area contributed by atoms with Gasteiger partial charge in [-0.1, -0.05) is 23.2 Å². The third kappa shape index (κ3) is 6.54. The number of carbonyl (C=O) groups excluding carboxylic acids is 3. The summed E-state index contributed by atoms with van der Waals surface area (Å²) in [6, 6.07) is 9.58. The lowest BCUT2D eigenvalue weighted by Gasteiger charge is -2.26. The minimum absolute atomic E-state index is 0.0269. The van der Waals surface area contributed by atoms with Gasteiger partial charge in [-0.2, -0.15) is 0 Å². The maximum atomic E-state index is 14.1. The molecule has 4 rings (SSSR count). The van der Waals surface area contributed by atoms with Crippen molar-refractivity contribution in [2.24, 2.45) is 0 Å². The van der Waals surface area contributed by atoms with E-state index in [-0.39, 0.29) is 51.2 Å². The molecule has 15 heteroatoms. The first-order chi connectivity index (χ1) is 19.2. The first kappa shape index (κ1) is 28.5. The third-order valence-electron chi connectivity index (χ3n) is 5.57. The van der Waals surface area contributed by atoms with Gasteiger partial charge in [-0.3, -0.25) is 14.4 Å². The van der Waals surface area contributed by atoms with Crippen LogP contribution in [-0.4, -0.2) is 60.5 Å². The summed E-state index contributed by atoms with van der Waals surface area (Å²) < 4.78 is 24.2. The van der Waals surface area contributed by atoms with E-state index in [4.69, 9.17) is 41.7 Å².